The quantitative estimate of drug-likeness (QED) is 0.926. The second kappa shape index (κ2) is 6.87. The first-order valence-electron chi connectivity index (χ1n) is 7.10. The maximum Gasteiger partial charge on any atom is 0.225 e. The minimum Gasteiger partial charge on any atom is -0.342 e. The fourth-order valence-electron chi connectivity index (χ4n) is 2.45. The highest BCUT2D eigenvalue weighted by Gasteiger charge is 2.23. The third-order valence-corrected chi connectivity index (χ3v) is 4.59. The second-order valence-corrected chi connectivity index (χ2v) is 6.54. The number of nitriles is 1. The molecule has 2 rings (SSSR count). The highest BCUT2D eigenvalue weighted by atomic mass is 32.1. The number of nitrogens with zero attached hydrogens (tertiary/aromatic N) is 2. The Hall–Kier alpha value is -1.38. The Morgan fingerprint density at radius 1 is 1.55 bits per heavy atom. The SMILES string of the molecule is CC(C)C(=O)N1CCC(NCc2cc(C#N)cs2)CC1. The lowest BCUT2D eigenvalue weighted by atomic mass is 10.0. The van der Waals surface area contributed by atoms with E-state index in [0.29, 0.717) is 6.04 Å². The largest absolute Gasteiger partial charge is 0.342 e. The minimum atomic E-state index is 0.0926. The molecule has 2 heterocycles. The number of likely N-dealkylation sites (tertiary alicyclic amines) is 1. The van der Waals surface area contributed by atoms with E-state index < -0.39 is 0 Å². The lowest BCUT2D eigenvalue weighted by molar-refractivity contribution is -0.135. The average molecular weight is 291 g/mol. The molecule has 20 heavy (non-hydrogen) atoms. The number of hydrogen-bond donors (Lipinski definition) is 1. The second-order valence-electron chi connectivity index (χ2n) is 5.55. The number of amides is 1. The molecule has 1 N–H and O–H groups in total. The Labute approximate surface area is 124 Å². The zero-order valence-corrected chi connectivity index (χ0v) is 12.9. The molecule has 108 valence electrons. The van der Waals surface area contributed by atoms with Gasteiger partial charge >= 0.3 is 0 Å². The van der Waals surface area contributed by atoms with Crippen LogP contribution in [0.5, 0.6) is 0 Å². The Morgan fingerprint density at radius 3 is 2.80 bits per heavy atom. The highest BCUT2D eigenvalue weighted by Crippen LogP contribution is 2.16. The van der Waals surface area contributed by atoms with E-state index in [1.807, 2.05) is 30.2 Å². The topological polar surface area (TPSA) is 56.1 Å². The summed E-state index contributed by atoms with van der Waals surface area (Å²) in [5.74, 6) is 0.357. The predicted molar refractivity (Wildman–Crippen MR) is 80.3 cm³/mol. The number of thiophene rings is 1. The van der Waals surface area contributed by atoms with Gasteiger partial charge in [-0.1, -0.05) is 13.8 Å². The van der Waals surface area contributed by atoms with Crippen molar-refractivity contribution in [1.29, 1.82) is 5.26 Å². The summed E-state index contributed by atoms with van der Waals surface area (Å²) in [6.45, 7) is 6.42. The first kappa shape index (κ1) is 15.0. The van der Waals surface area contributed by atoms with Crippen LogP contribution < -0.4 is 5.32 Å². The van der Waals surface area contributed by atoms with Gasteiger partial charge in [0.2, 0.25) is 5.91 Å². The monoisotopic (exact) mass is 291 g/mol. The van der Waals surface area contributed by atoms with Gasteiger partial charge in [0, 0.05) is 41.9 Å². The molecule has 1 aromatic rings. The molecule has 0 unspecified atom stereocenters. The van der Waals surface area contributed by atoms with Gasteiger partial charge in [-0.2, -0.15) is 5.26 Å². The molecule has 0 spiro atoms. The van der Waals surface area contributed by atoms with Crippen LogP contribution in [-0.2, 0) is 11.3 Å². The summed E-state index contributed by atoms with van der Waals surface area (Å²) in [4.78, 5) is 15.1. The molecule has 0 aromatic carbocycles. The molecular formula is C15H21N3OS. The molecule has 1 aliphatic rings. The molecule has 1 fully saturated rings. The van der Waals surface area contributed by atoms with Gasteiger partial charge in [-0.05, 0) is 18.9 Å². The van der Waals surface area contributed by atoms with Crippen LogP contribution in [0.15, 0.2) is 11.4 Å². The molecule has 1 saturated heterocycles. The van der Waals surface area contributed by atoms with E-state index in [2.05, 4.69) is 11.4 Å². The lowest BCUT2D eigenvalue weighted by Crippen LogP contribution is -2.45. The summed E-state index contributed by atoms with van der Waals surface area (Å²) in [7, 11) is 0. The van der Waals surface area contributed by atoms with Gasteiger partial charge in [0.25, 0.3) is 0 Å². The van der Waals surface area contributed by atoms with Crippen LogP contribution in [0.2, 0.25) is 0 Å². The van der Waals surface area contributed by atoms with Crippen LogP contribution in [0.1, 0.15) is 37.1 Å². The van der Waals surface area contributed by atoms with Crippen molar-refractivity contribution in [2.24, 2.45) is 5.92 Å². The Bertz CT molecular complexity index is 495. The predicted octanol–water partition coefficient (Wildman–Crippen LogP) is 2.36. The number of nitrogens with one attached hydrogen (secondary N) is 1. The van der Waals surface area contributed by atoms with Crippen LogP contribution in [0.4, 0.5) is 0 Å². The molecule has 1 aromatic heterocycles. The summed E-state index contributed by atoms with van der Waals surface area (Å²) in [5, 5.41) is 14.2. The molecule has 0 saturated carbocycles. The van der Waals surface area contributed by atoms with Gasteiger partial charge in [-0.3, -0.25) is 4.79 Å². The van der Waals surface area contributed by atoms with Gasteiger partial charge < -0.3 is 10.2 Å². The van der Waals surface area contributed by atoms with Crippen molar-refractivity contribution < 1.29 is 4.79 Å². The van der Waals surface area contributed by atoms with Gasteiger partial charge in [0.1, 0.15) is 6.07 Å². The molecule has 5 heteroatoms. The molecule has 1 aliphatic heterocycles. The van der Waals surface area contributed by atoms with Gasteiger partial charge in [0.05, 0.1) is 5.56 Å². The van der Waals surface area contributed by atoms with Crippen molar-refractivity contribution in [1.82, 2.24) is 10.2 Å². The zero-order chi connectivity index (χ0) is 14.5. The van der Waals surface area contributed by atoms with Crippen molar-refractivity contribution in [3.05, 3.63) is 21.9 Å². The third-order valence-electron chi connectivity index (χ3n) is 3.65. The molecule has 0 radical (unpaired) electrons. The zero-order valence-electron chi connectivity index (χ0n) is 12.1. The summed E-state index contributed by atoms with van der Waals surface area (Å²) in [5.41, 5.74) is 0.740. The van der Waals surface area contributed by atoms with Crippen molar-refractivity contribution in [3.8, 4) is 6.07 Å². The van der Waals surface area contributed by atoms with Crippen LogP contribution in [-0.4, -0.2) is 29.9 Å². The van der Waals surface area contributed by atoms with Crippen molar-refractivity contribution >= 4 is 17.2 Å². The normalized spacial score (nSPS) is 16.4. The first-order chi connectivity index (χ1) is 9.60. The number of piperidine rings is 1. The Balaban J connectivity index is 1.75. The fourth-order valence-corrected chi connectivity index (χ4v) is 3.21. The number of carbonyl (C=O) groups excluding carboxylic acids is 1. The van der Waals surface area contributed by atoms with Gasteiger partial charge in [0.15, 0.2) is 0 Å². The summed E-state index contributed by atoms with van der Waals surface area (Å²) in [6, 6.07) is 4.56. The number of carbonyl (C=O) groups is 1. The standard InChI is InChI=1S/C15H21N3OS/c1-11(2)15(19)18-5-3-13(4-6-18)17-9-14-7-12(8-16)10-20-14/h7,10-11,13,17H,3-6,9H2,1-2H3. The number of rotatable bonds is 4. The van der Waals surface area contributed by atoms with Crippen LogP contribution in [0.25, 0.3) is 0 Å². The van der Waals surface area contributed by atoms with E-state index in [9.17, 15) is 4.79 Å². The van der Waals surface area contributed by atoms with E-state index in [0.717, 1.165) is 38.0 Å². The van der Waals surface area contributed by atoms with Crippen molar-refractivity contribution in [2.75, 3.05) is 13.1 Å². The maximum atomic E-state index is 11.9. The molecule has 0 bridgehead atoms. The molecular weight excluding hydrogens is 270 g/mol. The fraction of sp³-hybridized carbons (Fsp3) is 0.600. The van der Waals surface area contributed by atoms with Crippen LogP contribution in [0.3, 0.4) is 0 Å². The highest BCUT2D eigenvalue weighted by molar-refractivity contribution is 7.10. The Morgan fingerprint density at radius 2 is 2.25 bits per heavy atom. The maximum absolute atomic E-state index is 11.9. The van der Waals surface area contributed by atoms with E-state index in [1.54, 1.807) is 11.3 Å². The van der Waals surface area contributed by atoms with Crippen LogP contribution >= 0.6 is 11.3 Å². The van der Waals surface area contributed by atoms with E-state index in [-0.39, 0.29) is 11.8 Å². The summed E-state index contributed by atoms with van der Waals surface area (Å²) in [6.07, 6.45) is 2.02. The first-order valence-corrected chi connectivity index (χ1v) is 7.97. The summed E-state index contributed by atoms with van der Waals surface area (Å²) < 4.78 is 0. The lowest BCUT2D eigenvalue weighted by Gasteiger charge is -2.33. The van der Waals surface area contributed by atoms with Gasteiger partial charge in [-0.25, -0.2) is 0 Å². The summed E-state index contributed by atoms with van der Waals surface area (Å²) >= 11 is 1.62. The molecule has 1 amide bonds. The molecule has 0 aliphatic carbocycles. The van der Waals surface area contributed by atoms with E-state index in [1.165, 1.54) is 4.88 Å². The third kappa shape index (κ3) is 3.81. The minimum absolute atomic E-state index is 0.0926. The van der Waals surface area contributed by atoms with Crippen LogP contribution in [0, 0.1) is 17.2 Å². The molecule has 0 atom stereocenters. The van der Waals surface area contributed by atoms with Gasteiger partial charge in [-0.15, -0.1) is 11.3 Å². The average Bonchev–Trinajstić information content (AvgIpc) is 2.93. The van der Waals surface area contributed by atoms with Crippen molar-refractivity contribution in [3.63, 3.8) is 0 Å². The van der Waals surface area contributed by atoms with Crippen molar-refractivity contribution in [2.45, 2.75) is 39.3 Å². The Kier molecular flexibility index (Phi) is 5.16. The number of hydrogen-bond acceptors (Lipinski definition) is 4. The van der Waals surface area contributed by atoms with E-state index >= 15 is 0 Å². The molecule has 4 nitrogen and oxygen atoms in total. The van der Waals surface area contributed by atoms with E-state index in [4.69, 9.17) is 5.26 Å². The smallest absolute Gasteiger partial charge is 0.225 e.